The summed E-state index contributed by atoms with van der Waals surface area (Å²) in [5, 5.41) is 3.81. The SMILES string of the molecule is CCCCCCCCCCCCCCCCOC(=O)C(NC(=O)C(NC(=O)C(F)(F)C(F)(F)F)C(C)C)C(C)C. The van der Waals surface area contributed by atoms with E-state index in [1.54, 1.807) is 13.8 Å². The molecule has 0 saturated carbocycles. The number of rotatable bonds is 22. The Balaban J connectivity index is 4.40. The fourth-order valence-electron chi connectivity index (χ4n) is 4.20. The maximum Gasteiger partial charge on any atom is 0.463 e. The molecule has 0 aromatic heterocycles. The molecule has 40 heavy (non-hydrogen) atoms. The highest BCUT2D eigenvalue weighted by Crippen LogP contribution is 2.35. The second kappa shape index (κ2) is 20.0. The molecule has 0 aliphatic rings. The van der Waals surface area contributed by atoms with Gasteiger partial charge in [-0.15, -0.1) is 0 Å². The average Bonchev–Trinajstić information content (AvgIpc) is 2.86. The molecule has 0 aromatic rings. The van der Waals surface area contributed by atoms with Crippen molar-refractivity contribution in [2.24, 2.45) is 11.8 Å². The number of carbonyl (C=O) groups excluding carboxylic acids is 3. The molecule has 0 fully saturated rings. The van der Waals surface area contributed by atoms with Gasteiger partial charge < -0.3 is 15.4 Å². The summed E-state index contributed by atoms with van der Waals surface area (Å²) in [7, 11) is 0. The molecule has 0 aliphatic carbocycles. The number of esters is 1. The van der Waals surface area contributed by atoms with Crippen molar-refractivity contribution in [3.8, 4) is 0 Å². The van der Waals surface area contributed by atoms with Gasteiger partial charge in [-0.25, -0.2) is 4.79 Å². The Morgan fingerprint density at radius 3 is 1.40 bits per heavy atom. The van der Waals surface area contributed by atoms with Crippen LogP contribution in [0.1, 0.15) is 125 Å². The van der Waals surface area contributed by atoms with Crippen molar-refractivity contribution >= 4 is 17.8 Å². The molecule has 0 saturated heterocycles. The highest BCUT2D eigenvalue weighted by Gasteiger charge is 2.63. The Labute approximate surface area is 236 Å². The first-order valence-corrected chi connectivity index (χ1v) is 14.9. The van der Waals surface area contributed by atoms with Crippen LogP contribution in [0.5, 0.6) is 0 Å². The van der Waals surface area contributed by atoms with Gasteiger partial charge in [0.15, 0.2) is 0 Å². The second-order valence-electron chi connectivity index (χ2n) is 11.3. The first-order chi connectivity index (χ1) is 18.7. The lowest BCUT2D eigenvalue weighted by molar-refractivity contribution is -0.270. The van der Waals surface area contributed by atoms with Crippen LogP contribution in [-0.2, 0) is 19.1 Å². The number of amides is 2. The van der Waals surface area contributed by atoms with E-state index in [1.807, 2.05) is 0 Å². The summed E-state index contributed by atoms with van der Waals surface area (Å²) in [5.74, 6) is -11.3. The second-order valence-corrected chi connectivity index (χ2v) is 11.3. The molecule has 0 radical (unpaired) electrons. The number of halogens is 5. The third kappa shape index (κ3) is 15.2. The Morgan fingerprint density at radius 1 is 0.625 bits per heavy atom. The maximum absolute atomic E-state index is 13.4. The van der Waals surface area contributed by atoms with Crippen LogP contribution in [-0.4, -0.2) is 48.6 Å². The maximum atomic E-state index is 13.4. The molecule has 2 N–H and O–H groups in total. The van der Waals surface area contributed by atoms with Crippen LogP contribution >= 0.6 is 0 Å². The van der Waals surface area contributed by atoms with Crippen LogP contribution in [0.15, 0.2) is 0 Å². The fourth-order valence-corrected chi connectivity index (χ4v) is 4.20. The van der Waals surface area contributed by atoms with Gasteiger partial charge in [-0.1, -0.05) is 118 Å². The summed E-state index contributed by atoms with van der Waals surface area (Å²) in [6.45, 7) is 8.36. The number of alkyl halides is 5. The quantitative estimate of drug-likeness (QED) is 0.0782. The van der Waals surface area contributed by atoms with E-state index in [0.29, 0.717) is 6.42 Å². The van der Waals surface area contributed by atoms with Crippen LogP contribution in [0, 0.1) is 11.8 Å². The van der Waals surface area contributed by atoms with Crippen molar-refractivity contribution in [2.75, 3.05) is 6.61 Å². The number of unbranched alkanes of at least 4 members (excludes halogenated alkanes) is 13. The third-order valence-corrected chi connectivity index (χ3v) is 6.84. The van der Waals surface area contributed by atoms with Crippen molar-refractivity contribution < 1.29 is 41.1 Å². The molecule has 11 heteroatoms. The first kappa shape index (κ1) is 38.1. The summed E-state index contributed by atoms with van der Waals surface area (Å²) in [5.41, 5.74) is 0. The Hall–Kier alpha value is -1.94. The zero-order chi connectivity index (χ0) is 30.8. The Morgan fingerprint density at radius 2 is 1.02 bits per heavy atom. The van der Waals surface area contributed by atoms with E-state index in [2.05, 4.69) is 12.2 Å². The van der Waals surface area contributed by atoms with Crippen LogP contribution in [0.25, 0.3) is 0 Å². The molecular formula is C29H51F5N2O4. The molecule has 0 heterocycles. The van der Waals surface area contributed by atoms with Gasteiger partial charge in [0.2, 0.25) is 5.91 Å². The number of carbonyl (C=O) groups is 3. The van der Waals surface area contributed by atoms with Crippen LogP contribution in [0.3, 0.4) is 0 Å². The van der Waals surface area contributed by atoms with Gasteiger partial charge in [0.25, 0.3) is 0 Å². The molecule has 2 unspecified atom stereocenters. The number of hydrogen-bond acceptors (Lipinski definition) is 4. The van der Waals surface area contributed by atoms with Gasteiger partial charge in [-0.2, -0.15) is 22.0 Å². The smallest absolute Gasteiger partial charge is 0.463 e. The van der Waals surface area contributed by atoms with Crippen molar-refractivity contribution in [3.63, 3.8) is 0 Å². The summed E-state index contributed by atoms with van der Waals surface area (Å²) in [6, 6.07) is -2.86. The lowest BCUT2D eigenvalue weighted by Crippen LogP contribution is -2.59. The van der Waals surface area contributed by atoms with Gasteiger partial charge in [0.05, 0.1) is 6.61 Å². The predicted molar refractivity (Wildman–Crippen MR) is 146 cm³/mol. The largest absolute Gasteiger partial charge is 0.464 e. The monoisotopic (exact) mass is 586 g/mol. The molecular weight excluding hydrogens is 535 g/mol. The standard InChI is InChI=1S/C29H51F5N2O4/c1-6-7-8-9-10-11-12-13-14-15-16-17-18-19-20-40-26(38)24(22(4)5)35-25(37)23(21(2)3)36-27(39)28(30,31)29(32,33)34/h21-24H,6-20H2,1-5H3,(H,35,37)(H,36,39). The van der Waals surface area contributed by atoms with Gasteiger partial charge in [-0.05, 0) is 18.3 Å². The number of hydrogen-bond donors (Lipinski definition) is 2. The third-order valence-electron chi connectivity index (χ3n) is 6.84. The van der Waals surface area contributed by atoms with E-state index in [4.69, 9.17) is 4.74 Å². The fraction of sp³-hybridized carbons (Fsp3) is 0.897. The summed E-state index contributed by atoms with van der Waals surface area (Å²) >= 11 is 0. The topological polar surface area (TPSA) is 84.5 Å². The van der Waals surface area contributed by atoms with E-state index in [9.17, 15) is 36.3 Å². The van der Waals surface area contributed by atoms with Gasteiger partial charge in [0.1, 0.15) is 12.1 Å². The predicted octanol–water partition coefficient (Wildman–Crippen LogP) is 7.49. The minimum atomic E-state index is -6.10. The van der Waals surface area contributed by atoms with E-state index in [1.165, 1.54) is 83.4 Å². The van der Waals surface area contributed by atoms with Crippen molar-refractivity contribution in [2.45, 2.75) is 149 Å². The summed E-state index contributed by atoms with van der Waals surface area (Å²) < 4.78 is 69.6. The van der Waals surface area contributed by atoms with Gasteiger partial charge in [0, 0.05) is 0 Å². The zero-order valence-electron chi connectivity index (χ0n) is 24.9. The molecule has 236 valence electrons. The van der Waals surface area contributed by atoms with Crippen molar-refractivity contribution in [1.82, 2.24) is 10.6 Å². The summed E-state index contributed by atoms with van der Waals surface area (Å²) in [4.78, 5) is 36.8. The zero-order valence-corrected chi connectivity index (χ0v) is 24.9. The highest BCUT2D eigenvalue weighted by molar-refractivity contribution is 5.93. The number of ether oxygens (including phenoxy) is 1. The highest BCUT2D eigenvalue weighted by atomic mass is 19.4. The first-order valence-electron chi connectivity index (χ1n) is 14.9. The van der Waals surface area contributed by atoms with Crippen LogP contribution in [0.4, 0.5) is 22.0 Å². The Bertz CT molecular complexity index is 730. The minimum Gasteiger partial charge on any atom is -0.464 e. The van der Waals surface area contributed by atoms with Crippen molar-refractivity contribution in [1.29, 1.82) is 0 Å². The molecule has 6 nitrogen and oxygen atoms in total. The molecule has 2 atom stereocenters. The van der Waals surface area contributed by atoms with Gasteiger partial charge >= 0.3 is 24.0 Å². The van der Waals surface area contributed by atoms with E-state index < -0.39 is 53.8 Å². The summed E-state index contributed by atoms with van der Waals surface area (Å²) in [6.07, 6.45) is 10.5. The lowest BCUT2D eigenvalue weighted by Gasteiger charge is -2.28. The van der Waals surface area contributed by atoms with E-state index >= 15 is 0 Å². The molecule has 2 amide bonds. The van der Waals surface area contributed by atoms with E-state index in [0.717, 1.165) is 19.3 Å². The molecule has 0 rings (SSSR count). The van der Waals surface area contributed by atoms with Gasteiger partial charge in [-0.3, -0.25) is 9.59 Å². The molecule has 0 spiro atoms. The van der Waals surface area contributed by atoms with E-state index in [-0.39, 0.29) is 6.61 Å². The molecule has 0 aromatic carbocycles. The van der Waals surface area contributed by atoms with Crippen LogP contribution < -0.4 is 10.6 Å². The normalized spacial score (nSPS) is 13.8. The number of nitrogens with one attached hydrogen (secondary N) is 2. The molecule has 0 bridgehead atoms. The lowest BCUT2D eigenvalue weighted by atomic mass is 10.00. The minimum absolute atomic E-state index is 0.151. The Kier molecular flexibility index (Phi) is 19.1. The average molecular weight is 587 g/mol. The van der Waals surface area contributed by atoms with Crippen LogP contribution in [0.2, 0.25) is 0 Å². The van der Waals surface area contributed by atoms with Crippen molar-refractivity contribution in [3.05, 3.63) is 0 Å². The molecule has 0 aliphatic heterocycles.